The van der Waals surface area contributed by atoms with Crippen LogP contribution >= 0.6 is 46.7 Å². The molecule has 1 fully saturated rings. The number of aliphatic hydroxyl groups is 1. The van der Waals surface area contributed by atoms with Crippen LogP contribution in [0, 0.1) is 22.0 Å². The summed E-state index contributed by atoms with van der Waals surface area (Å²) in [7, 11) is -14.7. The summed E-state index contributed by atoms with van der Waals surface area (Å²) in [6, 6.07) is 10.0. The number of aromatic amines is 1. The Hall–Kier alpha value is -6.80. The fourth-order valence-corrected chi connectivity index (χ4v) is 11.3. The standard InChI is InChI=1S/C44H39Cl2N4O25P3/c1-19(70-17-22-16-49(44(58)48-42(22)55)33-15-29(51)32(72-33)18-71-77(64,65)75-78(66,67)74-76(61,62)63)23-8-6-20(11-28(23)50(59)60)5-4-10-47-41(54)21-7-9-24(43(56)57)25(12-21)34-26-13-30(68-2)37(52)35(45)39(26)73-40-27(34)14-31(69-3)38(53)36(40)46/h6-9,11-14,16,19,29,32-33,51-52H,10,15,17-18H2,1-3H3,(H,47,54)(H,56,57)(H,64,65)(H,66,67)(H,48,55,58)(H2,61,62,63)/t19?,29-,32+,33+/m0/s1. The van der Waals surface area contributed by atoms with E-state index in [1.165, 1.54) is 57.5 Å². The van der Waals surface area contributed by atoms with Gasteiger partial charge in [-0.05, 0) is 55.0 Å². The van der Waals surface area contributed by atoms with Crippen LogP contribution in [0.2, 0.25) is 10.0 Å². The van der Waals surface area contributed by atoms with Gasteiger partial charge in [0.25, 0.3) is 17.2 Å². The van der Waals surface area contributed by atoms with Gasteiger partial charge in [0.15, 0.2) is 28.6 Å². The third-order valence-electron chi connectivity index (χ3n) is 11.4. The van der Waals surface area contributed by atoms with Crippen LogP contribution in [0.1, 0.15) is 63.1 Å². The molecule has 1 amide bonds. The van der Waals surface area contributed by atoms with Gasteiger partial charge in [0, 0.05) is 46.3 Å². The minimum absolute atomic E-state index is 0.0182. The number of nitrogens with one attached hydrogen (secondary N) is 2. The van der Waals surface area contributed by atoms with E-state index in [1.54, 1.807) is 0 Å². The van der Waals surface area contributed by atoms with Crippen LogP contribution in [-0.2, 0) is 42.9 Å². The highest BCUT2D eigenvalue weighted by Crippen LogP contribution is 2.66. The number of nitrogens with zero attached hydrogens (tertiary/aromatic N) is 2. The first-order valence-corrected chi connectivity index (χ1v) is 27.0. The number of ether oxygens (including phenoxy) is 4. The number of benzene rings is 4. The van der Waals surface area contributed by atoms with Crippen molar-refractivity contribution in [1.29, 1.82) is 0 Å². The van der Waals surface area contributed by atoms with Gasteiger partial charge < -0.3 is 63.6 Å². The minimum atomic E-state index is -5.85. The largest absolute Gasteiger partial charge is 0.503 e. The van der Waals surface area contributed by atoms with E-state index in [1.807, 2.05) is 4.98 Å². The topological polar surface area (TPSA) is 432 Å². The quantitative estimate of drug-likeness (QED) is 0.0167. The molecule has 7 rings (SSSR count). The molecule has 0 bridgehead atoms. The molecule has 29 nitrogen and oxygen atoms in total. The molecule has 78 heavy (non-hydrogen) atoms. The molecule has 1 aromatic heterocycles. The number of H-pyrrole nitrogens is 1. The van der Waals surface area contributed by atoms with Gasteiger partial charge in [-0.3, -0.25) is 38.6 Å². The molecule has 9 N–H and O–H groups in total. The normalized spacial score (nSPS) is 17.4. The second-order valence-corrected chi connectivity index (χ2v) is 21.5. The predicted molar refractivity (Wildman–Crippen MR) is 267 cm³/mol. The van der Waals surface area contributed by atoms with Crippen molar-refractivity contribution < 1.29 is 99.6 Å². The van der Waals surface area contributed by atoms with Gasteiger partial charge in [-0.15, -0.1) is 0 Å². The van der Waals surface area contributed by atoms with E-state index in [9.17, 15) is 72.9 Å². The molecule has 2 aliphatic heterocycles. The average molecular weight is 1190 g/mol. The van der Waals surface area contributed by atoms with Crippen molar-refractivity contribution in [2.45, 2.75) is 44.5 Å². The summed E-state index contributed by atoms with van der Waals surface area (Å²) in [5.41, 5.74) is -3.95. The highest BCUT2D eigenvalue weighted by molar-refractivity contribution is 7.66. The van der Waals surface area contributed by atoms with Crippen molar-refractivity contribution in [3.63, 3.8) is 0 Å². The summed E-state index contributed by atoms with van der Waals surface area (Å²) >= 11 is 13.0. The minimum Gasteiger partial charge on any atom is -0.503 e. The SMILES string of the molecule is COc1cc2c(-c3cc(C(=O)NCC#Cc4ccc(C(C)OCc5cn([C@H]6C[C@H](O)[C@@H](COP(=O)(O)OP(=O)(O)OP(=O)(O)O)O6)c(=O)[nH]c5=O)c([N+](=O)[O-])c4)ccc3C(=O)O)c3cc(OC)c(=O)c(Cl)c-3oc2c(Cl)c1O. The number of amides is 1. The number of phosphoric ester groups is 1. The Labute approximate surface area is 445 Å². The van der Waals surface area contributed by atoms with Crippen LogP contribution in [0.25, 0.3) is 33.4 Å². The second-order valence-electron chi connectivity index (χ2n) is 16.4. The number of rotatable bonds is 19. The molecule has 3 aromatic carbocycles. The fourth-order valence-electron chi connectivity index (χ4n) is 7.84. The number of phenolic OH excluding ortho intramolecular Hbond substituents is 1. The van der Waals surface area contributed by atoms with Gasteiger partial charge in [0.05, 0.1) is 67.8 Å². The van der Waals surface area contributed by atoms with Crippen molar-refractivity contribution in [3.8, 4) is 51.5 Å². The Morgan fingerprint density at radius 1 is 0.974 bits per heavy atom. The van der Waals surface area contributed by atoms with Crippen LogP contribution < -0.4 is 31.5 Å². The van der Waals surface area contributed by atoms with Crippen LogP contribution in [0.5, 0.6) is 17.2 Å². The molecule has 6 atom stereocenters. The number of methoxy groups -OCH3 is 2. The third kappa shape index (κ3) is 13.0. The lowest BCUT2D eigenvalue weighted by Crippen LogP contribution is -2.34. The summed E-state index contributed by atoms with van der Waals surface area (Å²) < 4.78 is 75.0. The Morgan fingerprint density at radius 3 is 2.33 bits per heavy atom. The first-order chi connectivity index (χ1) is 36.5. The third-order valence-corrected chi connectivity index (χ3v) is 15.9. The zero-order chi connectivity index (χ0) is 57.3. The highest BCUT2D eigenvalue weighted by Gasteiger charge is 2.43. The molecular weight excluding hydrogens is 1150 g/mol. The van der Waals surface area contributed by atoms with Gasteiger partial charge in [-0.25, -0.2) is 23.3 Å². The average Bonchev–Trinajstić information content (AvgIpc) is 3.76. The molecule has 3 aliphatic rings. The number of halogens is 2. The summed E-state index contributed by atoms with van der Waals surface area (Å²) in [6.45, 7) is -0.527. The maximum absolute atomic E-state index is 13.6. The number of phosphoric acid groups is 3. The Kier molecular flexibility index (Phi) is 17.6. The molecule has 0 spiro atoms. The molecule has 1 aliphatic carbocycles. The smallest absolute Gasteiger partial charge is 0.490 e. The first kappa shape index (κ1) is 58.9. The number of aliphatic hydroxyl groups excluding tert-OH is 1. The molecule has 34 heteroatoms. The van der Waals surface area contributed by atoms with Crippen molar-refractivity contribution >= 4 is 75.2 Å². The summed E-state index contributed by atoms with van der Waals surface area (Å²) in [6.07, 6.45) is -4.94. The number of carbonyl (C=O) groups excluding carboxylic acids is 1. The van der Waals surface area contributed by atoms with Crippen molar-refractivity contribution in [2.24, 2.45) is 0 Å². The maximum Gasteiger partial charge on any atom is 0.490 e. The lowest BCUT2D eigenvalue weighted by molar-refractivity contribution is -0.386. The molecule has 4 aromatic rings. The van der Waals surface area contributed by atoms with Crippen molar-refractivity contribution in [3.05, 3.63) is 134 Å². The predicted octanol–water partition coefficient (Wildman–Crippen LogP) is 5.10. The molecule has 414 valence electrons. The molecular formula is C44H39Cl2N4O25P3. The fraction of sp³-hybridized carbons (Fsp3) is 0.250. The van der Waals surface area contributed by atoms with Crippen molar-refractivity contribution in [1.82, 2.24) is 14.9 Å². The van der Waals surface area contributed by atoms with Gasteiger partial charge in [-0.2, -0.15) is 8.62 Å². The van der Waals surface area contributed by atoms with Crippen molar-refractivity contribution in [2.75, 3.05) is 27.4 Å². The monoisotopic (exact) mass is 1190 g/mol. The lowest BCUT2D eigenvalue weighted by Gasteiger charge is -2.20. The van der Waals surface area contributed by atoms with Crippen LogP contribution in [0.15, 0.2) is 73.5 Å². The number of fused-ring (bicyclic) bond motifs is 2. The van der Waals surface area contributed by atoms with E-state index >= 15 is 0 Å². The molecule has 3 unspecified atom stereocenters. The number of carbonyl (C=O) groups is 2. The number of nitro groups is 1. The second kappa shape index (κ2) is 23.3. The number of nitro benzene ring substituents is 1. The van der Waals surface area contributed by atoms with Crippen LogP contribution in [-0.4, -0.2) is 101 Å². The molecule has 0 saturated carbocycles. The number of aromatic carboxylic acids is 1. The number of hydrogen-bond donors (Lipinski definition) is 9. The van der Waals surface area contributed by atoms with Gasteiger partial charge in [0.1, 0.15) is 22.4 Å². The lowest BCUT2D eigenvalue weighted by atomic mass is 9.89. The number of hydrogen-bond acceptors (Lipinski definition) is 20. The number of carboxylic acids is 1. The van der Waals surface area contributed by atoms with E-state index in [2.05, 4.69) is 30.3 Å². The van der Waals surface area contributed by atoms with E-state index < -0.39 is 118 Å². The zero-order valence-corrected chi connectivity index (χ0v) is 44.0. The number of carboxylic acid groups (broad SMARTS) is 1. The van der Waals surface area contributed by atoms with Gasteiger partial charge in [-0.1, -0.05) is 35.0 Å². The number of aromatic nitrogens is 2. The summed E-state index contributed by atoms with van der Waals surface area (Å²) in [5, 5.41) is 45.7. The Balaban J connectivity index is 1.05. The summed E-state index contributed by atoms with van der Waals surface area (Å²) in [5.74, 6) is 2.02. The number of aromatic hydroxyl groups is 1. The van der Waals surface area contributed by atoms with E-state index in [-0.39, 0.29) is 84.3 Å². The van der Waals surface area contributed by atoms with E-state index in [4.69, 9.17) is 56.4 Å². The Bertz CT molecular complexity index is 3790. The van der Waals surface area contributed by atoms with Gasteiger partial charge >= 0.3 is 35.1 Å². The highest BCUT2D eigenvalue weighted by atomic mass is 35.5. The molecule has 0 radical (unpaired) electrons. The van der Waals surface area contributed by atoms with Gasteiger partial charge in [0.2, 0.25) is 5.43 Å². The van der Waals surface area contributed by atoms with Crippen LogP contribution in [0.4, 0.5) is 5.69 Å². The zero-order valence-electron chi connectivity index (χ0n) is 39.8. The first-order valence-electron chi connectivity index (χ1n) is 21.8. The molecule has 3 heterocycles. The van der Waals surface area contributed by atoms with E-state index in [0.717, 1.165) is 22.9 Å². The number of phenols is 1. The Morgan fingerprint density at radius 2 is 1.68 bits per heavy atom. The summed E-state index contributed by atoms with van der Waals surface area (Å²) in [4.78, 5) is 115. The molecule has 1 saturated heterocycles. The van der Waals surface area contributed by atoms with E-state index in [0.29, 0.717) is 0 Å². The van der Waals surface area contributed by atoms with Crippen LogP contribution in [0.3, 0.4) is 0 Å². The maximum atomic E-state index is 13.6.